The monoisotopic (exact) mass is 250 g/mol. The van der Waals surface area contributed by atoms with E-state index in [-0.39, 0.29) is 6.10 Å². The van der Waals surface area contributed by atoms with Gasteiger partial charge < -0.3 is 15.7 Å². The Morgan fingerprint density at radius 2 is 1.83 bits per heavy atom. The molecule has 2 rings (SSSR count). The van der Waals surface area contributed by atoms with Crippen LogP contribution in [0.2, 0.25) is 0 Å². The number of aryl methyl sites for hydroxylation is 1. The van der Waals surface area contributed by atoms with Gasteiger partial charge in [-0.2, -0.15) is 0 Å². The molecule has 5 nitrogen and oxygen atoms in total. The third kappa shape index (κ3) is 3.10. The second kappa shape index (κ2) is 5.52. The van der Waals surface area contributed by atoms with E-state index in [0.717, 1.165) is 42.4 Å². The van der Waals surface area contributed by atoms with Gasteiger partial charge in [-0.3, -0.25) is 0 Å². The van der Waals surface area contributed by atoms with Crippen LogP contribution in [-0.4, -0.2) is 34.3 Å². The first-order valence-electron chi connectivity index (χ1n) is 6.62. The zero-order valence-electron chi connectivity index (χ0n) is 11.3. The number of nitrogens with one attached hydrogen (secondary N) is 2. The smallest absolute Gasteiger partial charge is 0.134 e. The van der Waals surface area contributed by atoms with E-state index in [1.54, 1.807) is 0 Å². The summed E-state index contributed by atoms with van der Waals surface area (Å²) in [6.07, 6.45) is 2.03. The normalized spacial score (nSPS) is 16.4. The highest BCUT2D eigenvalue weighted by atomic mass is 16.3. The fraction of sp³-hybridized carbons (Fsp3) is 0.692. The number of hydrogen-bond acceptors (Lipinski definition) is 5. The predicted octanol–water partition coefficient (Wildman–Crippen LogP) is 1.71. The molecule has 0 aliphatic heterocycles. The maximum atomic E-state index is 9.86. The van der Waals surface area contributed by atoms with Crippen molar-refractivity contribution in [1.29, 1.82) is 0 Å². The van der Waals surface area contributed by atoms with E-state index < -0.39 is 0 Å². The van der Waals surface area contributed by atoms with Gasteiger partial charge in [-0.05, 0) is 39.5 Å². The van der Waals surface area contributed by atoms with Gasteiger partial charge in [-0.25, -0.2) is 9.97 Å². The molecule has 1 heterocycles. The summed E-state index contributed by atoms with van der Waals surface area (Å²) in [5, 5.41) is 16.3. The van der Waals surface area contributed by atoms with E-state index in [0.29, 0.717) is 12.5 Å². The lowest BCUT2D eigenvalue weighted by atomic mass is 10.2. The predicted molar refractivity (Wildman–Crippen MR) is 72.9 cm³/mol. The van der Waals surface area contributed by atoms with Crippen molar-refractivity contribution in [2.45, 2.75) is 39.7 Å². The van der Waals surface area contributed by atoms with Crippen molar-refractivity contribution in [3.05, 3.63) is 11.4 Å². The molecule has 1 atom stereocenters. The van der Waals surface area contributed by atoms with Gasteiger partial charge in [0.2, 0.25) is 0 Å². The second-order valence-corrected chi connectivity index (χ2v) is 4.91. The molecular formula is C13H22N4O. The van der Waals surface area contributed by atoms with Gasteiger partial charge in [-0.15, -0.1) is 0 Å². The Bertz CT molecular complexity index is 418. The number of hydrogen-bond donors (Lipinski definition) is 3. The molecule has 1 aromatic rings. The van der Waals surface area contributed by atoms with Crippen LogP contribution in [0.5, 0.6) is 0 Å². The number of aliphatic hydroxyl groups excluding tert-OH is 1. The number of aliphatic hydroxyl groups is 1. The average Bonchev–Trinajstić information content (AvgIpc) is 3.15. The molecule has 0 saturated heterocycles. The van der Waals surface area contributed by atoms with Crippen molar-refractivity contribution in [2.24, 2.45) is 5.92 Å². The number of anilines is 2. The van der Waals surface area contributed by atoms with Crippen LogP contribution in [0, 0.1) is 19.8 Å². The number of rotatable bonds is 6. The Labute approximate surface area is 108 Å². The van der Waals surface area contributed by atoms with Crippen LogP contribution in [0.25, 0.3) is 0 Å². The fourth-order valence-corrected chi connectivity index (χ4v) is 1.99. The van der Waals surface area contributed by atoms with Crippen molar-refractivity contribution in [3.8, 4) is 0 Å². The lowest BCUT2D eigenvalue weighted by Gasteiger charge is -2.15. The third-order valence-electron chi connectivity index (χ3n) is 3.25. The summed E-state index contributed by atoms with van der Waals surface area (Å²) in [6, 6.07) is 0. The first-order valence-corrected chi connectivity index (χ1v) is 6.62. The van der Waals surface area contributed by atoms with E-state index in [2.05, 4.69) is 20.6 Å². The summed E-state index contributed by atoms with van der Waals surface area (Å²) < 4.78 is 0. The molecule has 0 amide bonds. The summed E-state index contributed by atoms with van der Waals surface area (Å²) in [7, 11) is 0. The number of aromatic nitrogens is 2. The molecule has 1 aromatic heterocycles. The van der Waals surface area contributed by atoms with Crippen LogP contribution in [0.4, 0.5) is 11.6 Å². The van der Waals surface area contributed by atoms with E-state index in [1.807, 2.05) is 20.8 Å². The molecule has 5 heteroatoms. The van der Waals surface area contributed by atoms with Crippen molar-refractivity contribution >= 4 is 11.6 Å². The van der Waals surface area contributed by atoms with E-state index in [9.17, 15) is 5.11 Å². The standard InChI is InChI=1S/C13H22N4O/c1-4-14-12-8(2)13(17-9(3)16-12)15-7-11(18)10-5-6-10/h10-11,18H,4-7H2,1-3H3,(H2,14,15,16,17). The van der Waals surface area contributed by atoms with Gasteiger partial charge in [0.15, 0.2) is 0 Å². The van der Waals surface area contributed by atoms with Crippen LogP contribution in [0.1, 0.15) is 31.2 Å². The maximum Gasteiger partial charge on any atom is 0.134 e. The fourth-order valence-electron chi connectivity index (χ4n) is 1.99. The van der Waals surface area contributed by atoms with Crippen molar-refractivity contribution in [2.75, 3.05) is 23.7 Å². The molecule has 1 saturated carbocycles. The molecular weight excluding hydrogens is 228 g/mol. The van der Waals surface area contributed by atoms with Crippen LogP contribution >= 0.6 is 0 Å². The van der Waals surface area contributed by atoms with Crippen LogP contribution in [-0.2, 0) is 0 Å². The highest BCUT2D eigenvalue weighted by Crippen LogP contribution is 2.32. The van der Waals surface area contributed by atoms with Gasteiger partial charge in [0.25, 0.3) is 0 Å². The van der Waals surface area contributed by atoms with Gasteiger partial charge in [-0.1, -0.05) is 0 Å². The Morgan fingerprint density at radius 3 is 2.39 bits per heavy atom. The summed E-state index contributed by atoms with van der Waals surface area (Å²) in [5.41, 5.74) is 1.01. The van der Waals surface area contributed by atoms with Gasteiger partial charge in [0.05, 0.1) is 6.10 Å². The molecule has 18 heavy (non-hydrogen) atoms. The Morgan fingerprint density at radius 1 is 1.22 bits per heavy atom. The molecule has 1 unspecified atom stereocenters. The Kier molecular flexibility index (Phi) is 4.01. The second-order valence-electron chi connectivity index (χ2n) is 4.91. The van der Waals surface area contributed by atoms with Crippen molar-refractivity contribution in [1.82, 2.24) is 9.97 Å². The molecule has 0 bridgehead atoms. The lowest BCUT2D eigenvalue weighted by molar-refractivity contribution is 0.164. The van der Waals surface area contributed by atoms with Crippen LogP contribution < -0.4 is 10.6 Å². The molecule has 0 spiro atoms. The minimum Gasteiger partial charge on any atom is -0.391 e. The Hall–Kier alpha value is -1.36. The molecule has 0 aromatic carbocycles. The van der Waals surface area contributed by atoms with Gasteiger partial charge >= 0.3 is 0 Å². The summed E-state index contributed by atoms with van der Waals surface area (Å²) >= 11 is 0. The maximum absolute atomic E-state index is 9.86. The largest absolute Gasteiger partial charge is 0.391 e. The lowest BCUT2D eigenvalue weighted by Crippen LogP contribution is -2.22. The third-order valence-corrected chi connectivity index (χ3v) is 3.25. The van der Waals surface area contributed by atoms with Crippen LogP contribution in [0.3, 0.4) is 0 Å². The van der Waals surface area contributed by atoms with E-state index in [4.69, 9.17) is 0 Å². The summed E-state index contributed by atoms with van der Waals surface area (Å²) in [6.45, 7) is 7.31. The van der Waals surface area contributed by atoms with Gasteiger partial charge in [0.1, 0.15) is 17.5 Å². The highest BCUT2D eigenvalue weighted by molar-refractivity contribution is 5.57. The molecule has 3 N–H and O–H groups in total. The summed E-state index contributed by atoms with van der Waals surface area (Å²) in [5.74, 6) is 2.90. The van der Waals surface area contributed by atoms with E-state index >= 15 is 0 Å². The zero-order valence-corrected chi connectivity index (χ0v) is 11.3. The SMILES string of the molecule is CCNc1nc(C)nc(NCC(O)C2CC2)c1C. The van der Waals surface area contributed by atoms with Gasteiger partial charge in [0, 0.05) is 18.7 Å². The van der Waals surface area contributed by atoms with Crippen molar-refractivity contribution in [3.63, 3.8) is 0 Å². The number of nitrogens with zero attached hydrogens (tertiary/aromatic N) is 2. The summed E-state index contributed by atoms with van der Waals surface area (Å²) in [4.78, 5) is 8.77. The average molecular weight is 250 g/mol. The highest BCUT2D eigenvalue weighted by Gasteiger charge is 2.29. The molecule has 0 radical (unpaired) electrons. The van der Waals surface area contributed by atoms with Crippen molar-refractivity contribution < 1.29 is 5.11 Å². The first-order chi connectivity index (χ1) is 8.61. The minimum atomic E-state index is -0.262. The zero-order chi connectivity index (χ0) is 13.1. The molecule has 1 fully saturated rings. The van der Waals surface area contributed by atoms with E-state index in [1.165, 1.54) is 0 Å². The first kappa shape index (κ1) is 13.1. The molecule has 1 aliphatic carbocycles. The van der Waals surface area contributed by atoms with Crippen LogP contribution in [0.15, 0.2) is 0 Å². The molecule has 100 valence electrons. The minimum absolute atomic E-state index is 0.262. The topological polar surface area (TPSA) is 70.1 Å². The quantitative estimate of drug-likeness (QED) is 0.717. The molecule has 1 aliphatic rings. The Balaban J connectivity index is 2.05.